The third-order valence-corrected chi connectivity index (χ3v) is 4.09. The van der Waals surface area contributed by atoms with Gasteiger partial charge in [-0.3, -0.25) is 4.68 Å². The molecule has 7 heteroatoms. The molecule has 0 saturated carbocycles. The monoisotopic (exact) mass is 341 g/mol. The van der Waals surface area contributed by atoms with E-state index in [9.17, 15) is 18.3 Å². The Kier molecular flexibility index (Phi) is 5.66. The summed E-state index contributed by atoms with van der Waals surface area (Å²) < 4.78 is 39.5. The molecule has 1 aromatic carbocycles. The SMILES string of the molecule is CCn1nc(C)c(CNC[C@@H](O)c2ccc(C(F)(F)F)cc2)c1C. The fourth-order valence-corrected chi connectivity index (χ4v) is 2.64. The van der Waals surface area contributed by atoms with Gasteiger partial charge in [-0.05, 0) is 38.5 Å². The molecule has 0 fully saturated rings. The standard InChI is InChI=1S/C17H22F3N3O/c1-4-23-12(3)15(11(2)22-23)9-21-10-16(24)13-5-7-14(8-6-13)17(18,19)20/h5-8,16,21,24H,4,9-10H2,1-3H3/t16-/m1/s1. The molecule has 2 N–H and O–H groups in total. The first-order valence-corrected chi connectivity index (χ1v) is 7.82. The highest BCUT2D eigenvalue weighted by atomic mass is 19.4. The van der Waals surface area contributed by atoms with Crippen molar-refractivity contribution in [1.82, 2.24) is 15.1 Å². The van der Waals surface area contributed by atoms with Gasteiger partial charge >= 0.3 is 6.18 Å². The normalized spacial score (nSPS) is 13.3. The Morgan fingerprint density at radius 3 is 2.33 bits per heavy atom. The van der Waals surface area contributed by atoms with Gasteiger partial charge in [0.2, 0.25) is 0 Å². The zero-order valence-electron chi connectivity index (χ0n) is 14.0. The second kappa shape index (κ2) is 7.36. The van der Waals surface area contributed by atoms with E-state index in [2.05, 4.69) is 10.4 Å². The highest BCUT2D eigenvalue weighted by Crippen LogP contribution is 2.29. The third-order valence-electron chi connectivity index (χ3n) is 4.09. The summed E-state index contributed by atoms with van der Waals surface area (Å²) in [4.78, 5) is 0. The quantitative estimate of drug-likeness (QED) is 0.847. The Balaban J connectivity index is 1.94. The van der Waals surface area contributed by atoms with Crippen molar-refractivity contribution >= 4 is 0 Å². The van der Waals surface area contributed by atoms with Gasteiger partial charge in [0.1, 0.15) is 0 Å². The molecule has 0 amide bonds. The first kappa shape index (κ1) is 18.5. The Bertz CT molecular complexity index is 678. The number of nitrogens with one attached hydrogen (secondary N) is 1. The molecule has 2 rings (SSSR count). The average molecular weight is 341 g/mol. The number of benzene rings is 1. The van der Waals surface area contributed by atoms with Crippen LogP contribution in [-0.4, -0.2) is 21.4 Å². The fourth-order valence-electron chi connectivity index (χ4n) is 2.64. The van der Waals surface area contributed by atoms with Crippen molar-refractivity contribution in [3.63, 3.8) is 0 Å². The minimum atomic E-state index is -4.36. The number of hydrogen-bond acceptors (Lipinski definition) is 3. The predicted octanol–water partition coefficient (Wildman–Crippen LogP) is 3.36. The summed E-state index contributed by atoms with van der Waals surface area (Å²) in [6.45, 7) is 7.54. The first-order valence-electron chi connectivity index (χ1n) is 7.82. The molecule has 132 valence electrons. The van der Waals surface area contributed by atoms with Gasteiger partial charge in [0.05, 0.1) is 17.4 Å². The van der Waals surface area contributed by atoms with E-state index >= 15 is 0 Å². The summed E-state index contributed by atoms with van der Waals surface area (Å²) in [6, 6.07) is 4.58. The lowest BCUT2D eigenvalue weighted by molar-refractivity contribution is -0.137. The van der Waals surface area contributed by atoms with Crippen LogP contribution in [0, 0.1) is 13.8 Å². The summed E-state index contributed by atoms with van der Waals surface area (Å²) in [7, 11) is 0. The van der Waals surface area contributed by atoms with Crippen LogP contribution in [0.2, 0.25) is 0 Å². The lowest BCUT2D eigenvalue weighted by Crippen LogP contribution is -2.21. The van der Waals surface area contributed by atoms with Gasteiger partial charge in [-0.2, -0.15) is 18.3 Å². The van der Waals surface area contributed by atoms with Crippen molar-refractivity contribution in [3.8, 4) is 0 Å². The number of alkyl halides is 3. The van der Waals surface area contributed by atoms with Gasteiger partial charge in [-0.15, -0.1) is 0 Å². The highest BCUT2D eigenvalue weighted by Gasteiger charge is 2.30. The van der Waals surface area contributed by atoms with Crippen LogP contribution in [0.15, 0.2) is 24.3 Å². The molecule has 1 aromatic heterocycles. The minimum absolute atomic E-state index is 0.252. The molecule has 0 unspecified atom stereocenters. The number of rotatable bonds is 6. The van der Waals surface area contributed by atoms with E-state index in [-0.39, 0.29) is 6.54 Å². The Morgan fingerprint density at radius 2 is 1.83 bits per heavy atom. The van der Waals surface area contributed by atoms with Crippen LogP contribution >= 0.6 is 0 Å². The van der Waals surface area contributed by atoms with Crippen molar-refractivity contribution in [2.24, 2.45) is 0 Å². The minimum Gasteiger partial charge on any atom is -0.387 e. The van der Waals surface area contributed by atoms with Crippen molar-refractivity contribution in [1.29, 1.82) is 0 Å². The summed E-state index contributed by atoms with van der Waals surface area (Å²) in [6.07, 6.45) is -5.23. The fraction of sp³-hybridized carbons (Fsp3) is 0.471. The zero-order chi connectivity index (χ0) is 17.9. The van der Waals surface area contributed by atoms with Crippen molar-refractivity contribution in [2.45, 2.75) is 46.1 Å². The summed E-state index contributed by atoms with van der Waals surface area (Å²) >= 11 is 0. The van der Waals surface area contributed by atoms with Crippen LogP contribution in [0.1, 0.15) is 41.1 Å². The number of aromatic nitrogens is 2. The van der Waals surface area contributed by atoms with Crippen LogP contribution in [-0.2, 0) is 19.3 Å². The smallest absolute Gasteiger partial charge is 0.387 e. The molecular weight excluding hydrogens is 319 g/mol. The van der Waals surface area contributed by atoms with E-state index in [4.69, 9.17) is 0 Å². The van der Waals surface area contributed by atoms with E-state index in [0.29, 0.717) is 12.1 Å². The van der Waals surface area contributed by atoms with Crippen molar-refractivity contribution < 1.29 is 18.3 Å². The topological polar surface area (TPSA) is 50.1 Å². The molecule has 4 nitrogen and oxygen atoms in total. The molecule has 1 atom stereocenters. The molecular formula is C17H22F3N3O. The lowest BCUT2D eigenvalue weighted by atomic mass is 10.1. The second-order valence-electron chi connectivity index (χ2n) is 5.73. The predicted molar refractivity (Wildman–Crippen MR) is 85.5 cm³/mol. The van der Waals surface area contributed by atoms with Crippen LogP contribution < -0.4 is 5.32 Å². The van der Waals surface area contributed by atoms with Crippen LogP contribution in [0.25, 0.3) is 0 Å². The maximum Gasteiger partial charge on any atom is 0.416 e. The van der Waals surface area contributed by atoms with Crippen molar-refractivity contribution in [3.05, 3.63) is 52.3 Å². The van der Waals surface area contributed by atoms with Gasteiger partial charge in [0.25, 0.3) is 0 Å². The van der Waals surface area contributed by atoms with Gasteiger partial charge in [-0.25, -0.2) is 0 Å². The molecule has 0 aliphatic carbocycles. The van der Waals surface area contributed by atoms with E-state index < -0.39 is 17.8 Å². The zero-order valence-corrected chi connectivity index (χ0v) is 14.0. The van der Waals surface area contributed by atoms with Gasteiger partial charge in [-0.1, -0.05) is 12.1 Å². The molecule has 24 heavy (non-hydrogen) atoms. The molecule has 0 radical (unpaired) electrons. The largest absolute Gasteiger partial charge is 0.416 e. The van der Waals surface area contributed by atoms with Crippen molar-refractivity contribution in [2.75, 3.05) is 6.54 Å². The third kappa shape index (κ3) is 4.15. The maximum absolute atomic E-state index is 12.5. The van der Waals surface area contributed by atoms with Gasteiger partial charge in [0.15, 0.2) is 0 Å². The molecule has 1 heterocycles. The molecule has 0 aliphatic rings. The maximum atomic E-state index is 12.5. The molecule has 0 spiro atoms. The van der Waals surface area contributed by atoms with E-state index in [1.54, 1.807) is 0 Å². The van der Waals surface area contributed by atoms with Crippen LogP contribution in [0.5, 0.6) is 0 Å². The number of nitrogens with zero attached hydrogens (tertiary/aromatic N) is 2. The highest BCUT2D eigenvalue weighted by molar-refractivity contribution is 5.27. The molecule has 0 saturated heterocycles. The summed E-state index contributed by atoms with van der Waals surface area (Å²) in [5.41, 5.74) is 2.83. The number of halogens is 3. The lowest BCUT2D eigenvalue weighted by Gasteiger charge is -2.14. The van der Waals surface area contributed by atoms with Gasteiger partial charge in [0, 0.05) is 30.9 Å². The molecule has 0 bridgehead atoms. The van der Waals surface area contributed by atoms with Crippen LogP contribution in [0.3, 0.4) is 0 Å². The Morgan fingerprint density at radius 1 is 1.21 bits per heavy atom. The van der Waals surface area contributed by atoms with Crippen LogP contribution in [0.4, 0.5) is 13.2 Å². The summed E-state index contributed by atoms with van der Waals surface area (Å²) in [5.74, 6) is 0. The number of aliphatic hydroxyl groups excluding tert-OH is 1. The molecule has 2 aromatic rings. The Hall–Kier alpha value is -1.86. The Labute approximate surface area is 139 Å². The van der Waals surface area contributed by atoms with Gasteiger partial charge < -0.3 is 10.4 Å². The average Bonchev–Trinajstić information content (AvgIpc) is 2.81. The summed E-state index contributed by atoms with van der Waals surface area (Å²) in [5, 5.41) is 17.7. The van der Waals surface area contributed by atoms with E-state index in [0.717, 1.165) is 35.6 Å². The first-order chi connectivity index (χ1) is 11.2. The number of aryl methyl sites for hydroxylation is 2. The number of hydrogen-bond donors (Lipinski definition) is 2. The van der Waals surface area contributed by atoms with E-state index in [1.165, 1.54) is 12.1 Å². The molecule has 0 aliphatic heterocycles. The van der Waals surface area contributed by atoms with E-state index in [1.807, 2.05) is 25.5 Å². The second-order valence-corrected chi connectivity index (χ2v) is 5.73. The number of aliphatic hydroxyl groups is 1.